The van der Waals surface area contributed by atoms with E-state index in [1.165, 1.54) is 0 Å². The van der Waals surface area contributed by atoms with Gasteiger partial charge in [-0.25, -0.2) is 18.4 Å². The molecule has 2 aromatic rings. The fourth-order valence-corrected chi connectivity index (χ4v) is 3.22. The molecule has 0 atom stereocenters. The second-order valence-corrected chi connectivity index (χ2v) is 7.78. The lowest BCUT2D eigenvalue weighted by molar-refractivity contribution is -0.124. The number of anilines is 1. The Morgan fingerprint density at radius 1 is 1.34 bits per heavy atom. The lowest BCUT2D eigenvalue weighted by Crippen LogP contribution is -2.32. The van der Waals surface area contributed by atoms with Crippen LogP contribution in [-0.2, 0) is 17.9 Å². The third-order valence-corrected chi connectivity index (χ3v) is 4.97. The number of carbonyl (C=O) groups is 1. The molecule has 1 aliphatic carbocycles. The minimum atomic E-state index is -2.59. The van der Waals surface area contributed by atoms with Crippen LogP contribution in [0.3, 0.4) is 0 Å². The van der Waals surface area contributed by atoms with Crippen LogP contribution in [0.4, 0.5) is 14.6 Å². The van der Waals surface area contributed by atoms with Gasteiger partial charge < -0.3 is 15.7 Å². The fourth-order valence-electron chi connectivity index (χ4n) is 3.22. The molecule has 0 aromatic carbocycles. The topological polar surface area (TPSA) is 92.1 Å². The Labute approximate surface area is 168 Å². The first-order chi connectivity index (χ1) is 13.8. The molecule has 1 fully saturated rings. The number of aromatic nitrogens is 3. The van der Waals surface area contributed by atoms with Crippen molar-refractivity contribution in [3.05, 3.63) is 35.7 Å². The Kier molecular flexibility index (Phi) is 6.46. The van der Waals surface area contributed by atoms with Gasteiger partial charge in [-0.1, -0.05) is 13.8 Å². The predicted octanol–water partition coefficient (Wildman–Crippen LogP) is 3.02. The molecule has 0 bridgehead atoms. The zero-order chi connectivity index (χ0) is 21.0. The predicted molar refractivity (Wildman–Crippen MR) is 105 cm³/mol. The van der Waals surface area contributed by atoms with E-state index in [1.54, 1.807) is 23.0 Å². The number of hydrogen-bond acceptors (Lipinski definition) is 5. The Bertz CT molecular complexity index is 843. The number of alkyl halides is 2. The van der Waals surface area contributed by atoms with Crippen LogP contribution in [0, 0.1) is 5.92 Å². The summed E-state index contributed by atoms with van der Waals surface area (Å²) >= 11 is 0. The SMILES string of the molecule is CC(C)C(=O)NCc1cc(NC2CCC(F)(F)CC2)nc(-n2ccc(CO)n2)c1. The number of hydrogen-bond donors (Lipinski definition) is 3. The van der Waals surface area contributed by atoms with Crippen molar-refractivity contribution >= 4 is 11.7 Å². The highest BCUT2D eigenvalue weighted by molar-refractivity contribution is 5.77. The molecule has 2 heterocycles. The van der Waals surface area contributed by atoms with Gasteiger partial charge in [-0.3, -0.25) is 4.79 Å². The molecule has 0 unspecified atom stereocenters. The number of rotatable bonds is 7. The molecule has 158 valence electrons. The van der Waals surface area contributed by atoms with E-state index in [1.807, 2.05) is 19.9 Å². The molecule has 0 spiro atoms. The molecule has 9 heteroatoms. The van der Waals surface area contributed by atoms with Crippen molar-refractivity contribution in [1.82, 2.24) is 20.1 Å². The number of amides is 1. The van der Waals surface area contributed by atoms with E-state index in [0.29, 0.717) is 36.7 Å². The number of aliphatic hydroxyl groups excluding tert-OH is 1. The smallest absolute Gasteiger partial charge is 0.248 e. The normalized spacial score (nSPS) is 16.8. The molecule has 3 rings (SSSR count). The number of aliphatic hydroxyl groups is 1. The van der Waals surface area contributed by atoms with Crippen LogP contribution in [0.1, 0.15) is 50.8 Å². The van der Waals surface area contributed by atoms with E-state index >= 15 is 0 Å². The second-order valence-electron chi connectivity index (χ2n) is 7.78. The molecule has 0 radical (unpaired) electrons. The van der Waals surface area contributed by atoms with Crippen molar-refractivity contribution in [2.45, 2.75) is 64.6 Å². The summed E-state index contributed by atoms with van der Waals surface area (Å²) < 4.78 is 28.4. The van der Waals surface area contributed by atoms with E-state index in [-0.39, 0.29) is 37.3 Å². The molecular formula is C20H27F2N5O2. The molecule has 7 nitrogen and oxygen atoms in total. The number of nitrogens with one attached hydrogen (secondary N) is 2. The van der Waals surface area contributed by atoms with Gasteiger partial charge in [-0.15, -0.1) is 0 Å². The monoisotopic (exact) mass is 407 g/mol. The summed E-state index contributed by atoms with van der Waals surface area (Å²) in [7, 11) is 0. The highest BCUT2D eigenvalue weighted by Crippen LogP contribution is 2.34. The van der Waals surface area contributed by atoms with E-state index < -0.39 is 5.92 Å². The number of pyridine rings is 1. The molecule has 1 aliphatic rings. The van der Waals surface area contributed by atoms with Gasteiger partial charge >= 0.3 is 0 Å². The van der Waals surface area contributed by atoms with Crippen LogP contribution in [0.5, 0.6) is 0 Å². The van der Waals surface area contributed by atoms with Crippen molar-refractivity contribution in [1.29, 1.82) is 0 Å². The zero-order valence-electron chi connectivity index (χ0n) is 16.7. The number of carbonyl (C=O) groups excluding carboxylic acids is 1. The van der Waals surface area contributed by atoms with Crippen LogP contribution >= 0.6 is 0 Å². The Morgan fingerprint density at radius 3 is 2.69 bits per heavy atom. The lowest BCUT2D eigenvalue weighted by atomic mass is 9.92. The maximum atomic E-state index is 13.4. The molecule has 0 saturated heterocycles. The summed E-state index contributed by atoms with van der Waals surface area (Å²) in [6, 6.07) is 5.22. The highest BCUT2D eigenvalue weighted by atomic mass is 19.3. The summed E-state index contributed by atoms with van der Waals surface area (Å²) in [6.07, 6.45) is 2.15. The van der Waals surface area contributed by atoms with Crippen molar-refractivity contribution in [2.24, 2.45) is 5.92 Å². The van der Waals surface area contributed by atoms with Gasteiger partial charge in [-0.2, -0.15) is 5.10 Å². The van der Waals surface area contributed by atoms with Crippen molar-refractivity contribution in [2.75, 3.05) is 5.32 Å². The van der Waals surface area contributed by atoms with Gasteiger partial charge in [-0.05, 0) is 36.6 Å². The summed E-state index contributed by atoms with van der Waals surface area (Å²) in [5.41, 5.74) is 1.32. The highest BCUT2D eigenvalue weighted by Gasteiger charge is 2.35. The summed E-state index contributed by atoms with van der Waals surface area (Å²) in [6.45, 7) is 3.77. The van der Waals surface area contributed by atoms with E-state index in [9.17, 15) is 18.7 Å². The largest absolute Gasteiger partial charge is 0.390 e. The van der Waals surface area contributed by atoms with E-state index in [4.69, 9.17) is 0 Å². The maximum Gasteiger partial charge on any atom is 0.248 e. The second kappa shape index (κ2) is 8.86. The van der Waals surface area contributed by atoms with Gasteiger partial charge in [0.15, 0.2) is 5.82 Å². The first kappa shape index (κ1) is 21.2. The Balaban J connectivity index is 1.81. The summed E-state index contributed by atoms with van der Waals surface area (Å²) in [5.74, 6) is -1.71. The Hall–Kier alpha value is -2.55. The summed E-state index contributed by atoms with van der Waals surface area (Å²) in [5, 5.41) is 19.6. The van der Waals surface area contributed by atoms with Gasteiger partial charge in [0.2, 0.25) is 11.8 Å². The first-order valence-corrected chi connectivity index (χ1v) is 9.84. The van der Waals surface area contributed by atoms with Gasteiger partial charge in [0.25, 0.3) is 0 Å². The third kappa shape index (κ3) is 5.72. The minimum Gasteiger partial charge on any atom is -0.390 e. The molecule has 0 aliphatic heterocycles. The van der Waals surface area contributed by atoms with Crippen LogP contribution < -0.4 is 10.6 Å². The molecule has 1 amide bonds. The van der Waals surface area contributed by atoms with Crippen molar-refractivity contribution in [3.63, 3.8) is 0 Å². The van der Waals surface area contributed by atoms with Crippen LogP contribution in [0.15, 0.2) is 24.4 Å². The van der Waals surface area contributed by atoms with Crippen LogP contribution in [-0.4, -0.2) is 37.7 Å². The average molecular weight is 407 g/mol. The molecule has 1 saturated carbocycles. The standard InChI is InChI=1S/C20H27F2N5O2/c1-13(2)19(29)23-11-14-9-17(24-15-3-6-20(21,22)7-4-15)25-18(10-14)27-8-5-16(12-28)26-27/h5,8-10,13,15,28H,3-4,6-7,11-12H2,1-2H3,(H,23,29)(H,24,25). The average Bonchev–Trinajstić information content (AvgIpc) is 3.17. The van der Waals surface area contributed by atoms with Crippen LogP contribution in [0.25, 0.3) is 5.82 Å². The Morgan fingerprint density at radius 2 is 2.07 bits per heavy atom. The first-order valence-electron chi connectivity index (χ1n) is 9.84. The van der Waals surface area contributed by atoms with Crippen LogP contribution in [0.2, 0.25) is 0 Å². The number of halogens is 2. The summed E-state index contributed by atoms with van der Waals surface area (Å²) in [4.78, 5) is 16.5. The fraction of sp³-hybridized carbons (Fsp3) is 0.550. The minimum absolute atomic E-state index is 0.0611. The number of nitrogens with zero attached hydrogens (tertiary/aromatic N) is 3. The van der Waals surface area contributed by atoms with Crippen molar-refractivity contribution in [3.8, 4) is 5.82 Å². The van der Waals surface area contributed by atoms with Gasteiger partial charge in [0.1, 0.15) is 5.82 Å². The van der Waals surface area contributed by atoms with E-state index in [0.717, 1.165) is 5.56 Å². The molecule has 29 heavy (non-hydrogen) atoms. The van der Waals surface area contributed by atoms with Crippen molar-refractivity contribution < 1.29 is 18.7 Å². The third-order valence-electron chi connectivity index (χ3n) is 4.97. The molecule has 2 aromatic heterocycles. The quantitative estimate of drug-likeness (QED) is 0.656. The lowest BCUT2D eigenvalue weighted by Gasteiger charge is -2.29. The van der Waals surface area contributed by atoms with E-state index in [2.05, 4.69) is 20.7 Å². The zero-order valence-corrected chi connectivity index (χ0v) is 16.7. The maximum absolute atomic E-state index is 13.4. The molecular weight excluding hydrogens is 380 g/mol. The van der Waals surface area contributed by atoms with Gasteiger partial charge in [0, 0.05) is 37.5 Å². The van der Waals surface area contributed by atoms with Gasteiger partial charge in [0.05, 0.1) is 12.3 Å². The molecule has 3 N–H and O–H groups in total.